The van der Waals surface area contributed by atoms with Gasteiger partial charge in [-0.15, -0.1) is 5.54 Å². The molecule has 0 saturated heterocycles. The highest BCUT2D eigenvalue weighted by molar-refractivity contribution is 6.83. The summed E-state index contributed by atoms with van der Waals surface area (Å²) in [5, 5.41) is 28.0. The maximum absolute atomic E-state index is 10.2. The van der Waals surface area contributed by atoms with E-state index < -0.39 is 13.7 Å². The van der Waals surface area contributed by atoms with Crippen LogP contribution in [0.25, 0.3) is 0 Å². The Morgan fingerprint density at radius 2 is 1.37 bits per heavy atom. The molecule has 14 heteroatoms. The molecule has 2 atom stereocenters. The Hall–Kier alpha value is -4.66. The molecule has 0 amide bonds. The Morgan fingerprint density at radius 3 is 2.00 bits per heavy atom. The quantitative estimate of drug-likeness (QED) is 0.0237. The minimum Gasteiger partial charge on any atom is -0.390 e. The predicted octanol–water partition coefficient (Wildman–Crippen LogP) is 8.20. The number of nitrogen functional groups attached to an aromatic ring is 1. The number of nitrogens with zero attached hydrogens (tertiary/aromatic N) is 6. The molecule has 312 valence electrons. The van der Waals surface area contributed by atoms with Crippen molar-refractivity contribution in [3.63, 3.8) is 0 Å². The average Bonchev–Trinajstić information content (AvgIpc) is 3.09. The van der Waals surface area contributed by atoms with Crippen LogP contribution in [-0.2, 0) is 6.42 Å². The van der Waals surface area contributed by atoms with Gasteiger partial charge in [-0.05, 0) is 86.5 Å². The second-order valence-corrected chi connectivity index (χ2v) is 21.3. The van der Waals surface area contributed by atoms with Crippen molar-refractivity contribution in [1.82, 2.24) is 29.9 Å². The van der Waals surface area contributed by atoms with Gasteiger partial charge in [-0.2, -0.15) is 15.0 Å². The van der Waals surface area contributed by atoms with Gasteiger partial charge >= 0.3 is 0 Å². The van der Waals surface area contributed by atoms with E-state index in [1.807, 2.05) is 34.6 Å². The molecular formula is C43H70N12OSi. The predicted molar refractivity (Wildman–Crippen MR) is 241 cm³/mol. The molecule has 0 aliphatic heterocycles. The molecule has 0 aromatic carbocycles. The fourth-order valence-corrected chi connectivity index (χ4v) is 6.47. The number of nitrogens with two attached hydrogens (primary N) is 1. The second-order valence-electron chi connectivity index (χ2n) is 16.6. The molecule has 0 radical (unpaired) electrons. The summed E-state index contributed by atoms with van der Waals surface area (Å²) in [4.78, 5) is 28.6. The number of anilines is 6. The summed E-state index contributed by atoms with van der Waals surface area (Å²) < 4.78 is 0. The van der Waals surface area contributed by atoms with Crippen molar-refractivity contribution in [2.75, 3.05) is 45.4 Å². The van der Waals surface area contributed by atoms with Crippen LogP contribution < -0.4 is 32.3 Å². The molecule has 0 aliphatic rings. The van der Waals surface area contributed by atoms with Crippen LogP contribution in [0.15, 0.2) is 0 Å². The normalized spacial score (nSPS) is 12.4. The first kappa shape index (κ1) is 46.7. The average molecular weight is 799 g/mol. The van der Waals surface area contributed by atoms with Crippen LogP contribution in [0.5, 0.6) is 0 Å². The van der Waals surface area contributed by atoms with Gasteiger partial charge < -0.3 is 37.4 Å². The third kappa shape index (κ3) is 16.4. The summed E-state index contributed by atoms with van der Waals surface area (Å²) in [5.41, 5.74) is 13.9. The molecule has 8 N–H and O–H groups in total. The standard InChI is InChI=1S/C43H70N12OSi/c1-13-16-18-21-34-31(6)49-41(47-29(4)23-27-46-37-33(22-19-25-43(8,9)56)30(5)48-40(44)53-37)55-39(34)51-36(20-15-3)52-42-50-32(7)35(24-28-57(10,11)12)38(54-42)45-26-17-14-2/h29,36,56H,13-17,19-20,22-23,25-27H2,1-12H3,(H3,44,46,48,53)(H2,45,50,52,54)(H2,47,49,51,55). The van der Waals surface area contributed by atoms with Gasteiger partial charge in [-0.3, -0.25) is 0 Å². The Labute approximate surface area is 343 Å². The van der Waals surface area contributed by atoms with Crippen LogP contribution >= 0.6 is 0 Å². The largest absolute Gasteiger partial charge is 0.390 e. The van der Waals surface area contributed by atoms with Gasteiger partial charge in [0, 0.05) is 36.8 Å². The summed E-state index contributed by atoms with van der Waals surface area (Å²) in [7, 11) is -1.61. The lowest BCUT2D eigenvalue weighted by Gasteiger charge is -2.23. The molecule has 0 saturated carbocycles. The first-order valence-corrected chi connectivity index (χ1v) is 24.3. The minimum absolute atomic E-state index is 0.0304. The van der Waals surface area contributed by atoms with E-state index in [9.17, 15) is 5.11 Å². The van der Waals surface area contributed by atoms with E-state index in [0.717, 1.165) is 110 Å². The third-order valence-electron chi connectivity index (χ3n) is 9.04. The Bertz CT molecular complexity index is 1880. The molecule has 0 bridgehead atoms. The van der Waals surface area contributed by atoms with Gasteiger partial charge in [0.25, 0.3) is 0 Å². The molecule has 3 aromatic heterocycles. The van der Waals surface area contributed by atoms with Crippen molar-refractivity contribution < 1.29 is 5.11 Å². The minimum atomic E-state index is -1.61. The van der Waals surface area contributed by atoms with E-state index in [1.165, 1.54) is 0 Å². The number of aromatic nitrogens is 6. The molecule has 2 unspecified atom stereocenters. The number of aryl methyl sites for hydroxylation is 3. The number of nitrogens with one attached hydrogen (secondary N) is 5. The molecule has 3 aromatic rings. The van der Waals surface area contributed by atoms with Crippen molar-refractivity contribution in [2.45, 2.75) is 164 Å². The SMILES string of the molecule is CCCC#Cc1c(C)nc(NC(C)CCNc2nc(N)nc(C)c2CCCC(C)(C)O)nc1NC(CCC)Nc1nc(C)c(C#C[Si](C)(C)C)c(NCCCC)n1. The molecule has 0 aliphatic carbocycles. The summed E-state index contributed by atoms with van der Waals surface area (Å²) in [6, 6.07) is 0.0304. The van der Waals surface area contributed by atoms with Gasteiger partial charge in [0.2, 0.25) is 17.8 Å². The van der Waals surface area contributed by atoms with E-state index in [0.29, 0.717) is 30.7 Å². The van der Waals surface area contributed by atoms with E-state index in [4.69, 9.17) is 25.7 Å². The summed E-state index contributed by atoms with van der Waals surface area (Å²) in [6.07, 6.45) is 8.36. The maximum atomic E-state index is 10.2. The van der Waals surface area contributed by atoms with E-state index in [2.05, 4.69) is 107 Å². The molecule has 3 rings (SSSR count). The lowest BCUT2D eigenvalue weighted by atomic mass is 9.98. The van der Waals surface area contributed by atoms with Crippen LogP contribution in [0.4, 0.5) is 35.3 Å². The fraction of sp³-hybridized carbons (Fsp3) is 0.628. The van der Waals surface area contributed by atoms with Gasteiger partial charge in [0.05, 0.1) is 28.1 Å². The third-order valence-corrected chi connectivity index (χ3v) is 9.91. The van der Waals surface area contributed by atoms with Gasteiger partial charge in [-0.1, -0.05) is 71.0 Å². The number of aliphatic hydroxyl groups is 1. The highest BCUT2D eigenvalue weighted by Gasteiger charge is 2.20. The van der Waals surface area contributed by atoms with Gasteiger partial charge in [-0.25, -0.2) is 15.0 Å². The van der Waals surface area contributed by atoms with Gasteiger partial charge in [0.1, 0.15) is 31.7 Å². The zero-order chi connectivity index (χ0) is 42.2. The molecule has 3 heterocycles. The molecule has 0 spiro atoms. The fourth-order valence-electron chi connectivity index (χ4n) is 5.97. The lowest BCUT2D eigenvalue weighted by Crippen LogP contribution is -2.31. The van der Waals surface area contributed by atoms with Crippen LogP contribution in [-0.4, -0.2) is 74.0 Å². The van der Waals surface area contributed by atoms with Crippen LogP contribution in [0.2, 0.25) is 19.6 Å². The van der Waals surface area contributed by atoms with Gasteiger partial charge in [0.15, 0.2) is 0 Å². The lowest BCUT2D eigenvalue weighted by molar-refractivity contribution is 0.0689. The van der Waals surface area contributed by atoms with Crippen LogP contribution in [0.3, 0.4) is 0 Å². The monoisotopic (exact) mass is 799 g/mol. The number of rotatable bonds is 21. The van der Waals surface area contributed by atoms with Crippen molar-refractivity contribution in [3.8, 4) is 23.3 Å². The second kappa shape index (κ2) is 22.3. The topological polar surface area (TPSA) is 184 Å². The summed E-state index contributed by atoms with van der Waals surface area (Å²) in [6.45, 7) is 26.3. The molecule has 13 nitrogen and oxygen atoms in total. The summed E-state index contributed by atoms with van der Waals surface area (Å²) in [5.74, 6) is 13.5. The Morgan fingerprint density at radius 1 is 0.719 bits per heavy atom. The molecule has 0 fully saturated rings. The van der Waals surface area contributed by atoms with Crippen LogP contribution in [0, 0.1) is 44.1 Å². The zero-order valence-corrected chi connectivity index (χ0v) is 37.8. The molecule has 57 heavy (non-hydrogen) atoms. The smallest absolute Gasteiger partial charge is 0.226 e. The molecular weight excluding hydrogens is 729 g/mol. The van der Waals surface area contributed by atoms with Crippen molar-refractivity contribution >= 4 is 43.4 Å². The number of hydrogen-bond donors (Lipinski definition) is 7. The van der Waals surface area contributed by atoms with Crippen molar-refractivity contribution in [1.29, 1.82) is 0 Å². The zero-order valence-electron chi connectivity index (χ0n) is 36.8. The Kier molecular flexibility index (Phi) is 18.3. The first-order valence-electron chi connectivity index (χ1n) is 20.8. The van der Waals surface area contributed by atoms with E-state index >= 15 is 0 Å². The number of unbranched alkanes of at least 4 members (excludes halogenated alkanes) is 2. The maximum Gasteiger partial charge on any atom is 0.226 e. The van der Waals surface area contributed by atoms with E-state index in [-0.39, 0.29) is 18.2 Å². The summed E-state index contributed by atoms with van der Waals surface area (Å²) >= 11 is 0. The highest BCUT2D eigenvalue weighted by atomic mass is 28.3. The number of hydrogen-bond acceptors (Lipinski definition) is 13. The van der Waals surface area contributed by atoms with E-state index in [1.54, 1.807) is 0 Å². The van der Waals surface area contributed by atoms with Crippen LogP contribution in [0.1, 0.15) is 133 Å². The Balaban J connectivity index is 1.85. The first-order chi connectivity index (χ1) is 26.9. The van der Waals surface area contributed by atoms with Crippen molar-refractivity contribution in [2.24, 2.45) is 0 Å². The van der Waals surface area contributed by atoms with Crippen molar-refractivity contribution in [3.05, 3.63) is 33.8 Å². The highest BCUT2D eigenvalue weighted by Crippen LogP contribution is 2.25.